The van der Waals surface area contributed by atoms with E-state index in [0.29, 0.717) is 19.3 Å². The molecule has 5 aliphatic rings. The van der Waals surface area contributed by atoms with Crippen LogP contribution in [0, 0.1) is 39.4 Å². The Bertz CT molecular complexity index is 1120. The quantitative estimate of drug-likeness (QED) is 0.237. The lowest BCUT2D eigenvalue weighted by atomic mass is 9.35. The number of epoxide rings is 1. The Labute approximate surface area is 246 Å². The van der Waals surface area contributed by atoms with E-state index in [9.17, 15) is 19.8 Å². The predicted octanol–water partition coefficient (Wildman–Crippen LogP) is 5.74. The Morgan fingerprint density at radius 3 is 2.22 bits per heavy atom. The van der Waals surface area contributed by atoms with Gasteiger partial charge >= 0.3 is 11.9 Å². The SMILES string of the molecule is CC(=O)O[C@@H](C[C@@H](C)C1=C2C[C@H](OC(C)=O)[C@H]3[C@@]4(C)C[C@H](O)[C@@H](O)C(C)(C)[C@@H]4CC[C@]3(C)[C@@]2(C)CC1)[C@H]1OC1(C)C. The van der Waals surface area contributed by atoms with Crippen LogP contribution in [0.25, 0.3) is 0 Å². The van der Waals surface area contributed by atoms with Gasteiger partial charge in [-0.1, -0.05) is 52.7 Å². The van der Waals surface area contributed by atoms with Gasteiger partial charge in [0.15, 0.2) is 0 Å². The molecular weight excluding hydrogens is 520 g/mol. The molecule has 0 amide bonds. The summed E-state index contributed by atoms with van der Waals surface area (Å²) in [6.07, 6.45) is 3.66. The smallest absolute Gasteiger partial charge is 0.302 e. The molecule has 0 aromatic rings. The van der Waals surface area contributed by atoms with Crippen molar-refractivity contribution >= 4 is 11.9 Å². The number of rotatable bonds is 6. The lowest BCUT2D eigenvalue weighted by Crippen LogP contribution is -2.68. The molecule has 1 saturated heterocycles. The first-order valence-electron chi connectivity index (χ1n) is 15.9. The fraction of sp³-hybridized carbons (Fsp3) is 0.882. The van der Waals surface area contributed by atoms with Crippen molar-refractivity contribution in [1.82, 2.24) is 0 Å². The average Bonchev–Trinajstić information content (AvgIpc) is 3.32. The number of carbonyl (C=O) groups is 2. The lowest BCUT2D eigenvalue weighted by molar-refractivity contribution is -0.253. The second-order valence-electron chi connectivity index (χ2n) is 16.1. The van der Waals surface area contributed by atoms with Crippen molar-refractivity contribution in [1.29, 1.82) is 0 Å². The zero-order valence-corrected chi connectivity index (χ0v) is 27.0. The van der Waals surface area contributed by atoms with Crippen molar-refractivity contribution in [2.45, 2.75) is 150 Å². The van der Waals surface area contributed by atoms with Gasteiger partial charge in [-0.2, -0.15) is 0 Å². The molecule has 0 bridgehead atoms. The molecule has 11 atom stereocenters. The Morgan fingerprint density at radius 1 is 1.02 bits per heavy atom. The third-order valence-electron chi connectivity index (χ3n) is 13.0. The average molecular weight is 575 g/mol. The van der Waals surface area contributed by atoms with Gasteiger partial charge in [0.2, 0.25) is 0 Å². The van der Waals surface area contributed by atoms with Gasteiger partial charge in [0.1, 0.15) is 18.3 Å². The number of ether oxygens (including phenoxy) is 3. The van der Waals surface area contributed by atoms with Gasteiger partial charge in [0.05, 0.1) is 17.8 Å². The highest BCUT2D eigenvalue weighted by Gasteiger charge is 2.71. The van der Waals surface area contributed by atoms with E-state index in [0.717, 1.165) is 25.7 Å². The van der Waals surface area contributed by atoms with Crippen molar-refractivity contribution in [3.8, 4) is 0 Å². The number of fused-ring (bicyclic) bond motifs is 5. The van der Waals surface area contributed by atoms with Gasteiger partial charge in [-0.05, 0) is 85.9 Å². The Hall–Kier alpha value is -1.44. The lowest BCUT2D eigenvalue weighted by Gasteiger charge is -2.70. The summed E-state index contributed by atoms with van der Waals surface area (Å²) in [7, 11) is 0. The van der Waals surface area contributed by atoms with E-state index in [1.165, 1.54) is 25.0 Å². The Balaban J connectivity index is 1.54. The topological polar surface area (TPSA) is 106 Å². The maximum atomic E-state index is 12.6. The van der Waals surface area contributed by atoms with Crippen LogP contribution in [0.2, 0.25) is 0 Å². The molecule has 4 fully saturated rings. The van der Waals surface area contributed by atoms with Crippen LogP contribution in [0.3, 0.4) is 0 Å². The van der Waals surface area contributed by atoms with Crippen molar-refractivity contribution in [3.63, 3.8) is 0 Å². The van der Waals surface area contributed by atoms with E-state index in [4.69, 9.17) is 14.2 Å². The second-order valence-corrected chi connectivity index (χ2v) is 16.1. The molecule has 0 spiro atoms. The number of carbonyl (C=O) groups excluding carboxylic acids is 2. The van der Waals surface area contributed by atoms with E-state index in [1.54, 1.807) is 0 Å². The minimum atomic E-state index is -0.803. The van der Waals surface area contributed by atoms with Gasteiger partial charge in [0, 0.05) is 26.2 Å². The van der Waals surface area contributed by atoms with Crippen LogP contribution in [0.4, 0.5) is 0 Å². The molecule has 0 unspecified atom stereocenters. The van der Waals surface area contributed by atoms with Gasteiger partial charge < -0.3 is 24.4 Å². The van der Waals surface area contributed by atoms with Gasteiger partial charge in [-0.3, -0.25) is 9.59 Å². The van der Waals surface area contributed by atoms with Gasteiger partial charge in [-0.15, -0.1) is 0 Å². The zero-order valence-electron chi connectivity index (χ0n) is 27.0. The molecule has 5 rings (SSSR count). The number of aliphatic hydroxyl groups is 2. The van der Waals surface area contributed by atoms with Crippen molar-refractivity contribution in [2.75, 3.05) is 0 Å². The number of esters is 2. The van der Waals surface area contributed by atoms with Crippen LogP contribution >= 0.6 is 0 Å². The van der Waals surface area contributed by atoms with Crippen molar-refractivity contribution in [2.24, 2.45) is 39.4 Å². The molecule has 1 heterocycles. The van der Waals surface area contributed by atoms with Crippen LogP contribution in [-0.4, -0.2) is 58.3 Å². The normalized spacial score (nSPS) is 45.6. The minimum Gasteiger partial charge on any atom is -0.462 e. The fourth-order valence-electron chi connectivity index (χ4n) is 11.1. The summed E-state index contributed by atoms with van der Waals surface area (Å²) in [6, 6.07) is 0. The fourth-order valence-corrected chi connectivity index (χ4v) is 11.1. The maximum Gasteiger partial charge on any atom is 0.302 e. The first kappa shape index (κ1) is 31.0. The number of aliphatic hydroxyl groups excluding tert-OH is 2. The first-order valence-corrected chi connectivity index (χ1v) is 15.9. The first-order chi connectivity index (χ1) is 18.8. The summed E-state index contributed by atoms with van der Waals surface area (Å²) in [5, 5.41) is 22.2. The highest BCUT2D eigenvalue weighted by atomic mass is 16.6. The summed E-state index contributed by atoms with van der Waals surface area (Å²) in [4.78, 5) is 24.6. The van der Waals surface area contributed by atoms with Gasteiger partial charge in [-0.25, -0.2) is 0 Å². The summed E-state index contributed by atoms with van der Waals surface area (Å²) in [5.74, 6) is -0.0646. The molecule has 0 aromatic carbocycles. The van der Waals surface area contributed by atoms with Crippen LogP contribution in [-0.2, 0) is 23.8 Å². The molecular formula is C34H54O7. The predicted molar refractivity (Wildman–Crippen MR) is 156 cm³/mol. The molecule has 41 heavy (non-hydrogen) atoms. The summed E-state index contributed by atoms with van der Waals surface area (Å²) in [5.41, 5.74) is 1.63. The molecule has 4 aliphatic carbocycles. The largest absolute Gasteiger partial charge is 0.462 e. The van der Waals surface area contributed by atoms with E-state index in [-0.39, 0.29) is 69.9 Å². The van der Waals surface area contributed by atoms with E-state index in [2.05, 4.69) is 41.5 Å². The van der Waals surface area contributed by atoms with Crippen molar-refractivity contribution in [3.05, 3.63) is 11.1 Å². The Kier molecular flexibility index (Phi) is 7.40. The van der Waals surface area contributed by atoms with E-state index < -0.39 is 17.6 Å². The standard InChI is InChI=1S/C34H54O7/c1-18(15-25(40-20(3)36)29-31(6,7)41-29)21-11-13-33(9)22(21)16-24(39-19(2)35)27-32(8)17-23(37)28(38)30(4,5)26(32)12-14-34(27,33)10/h18,23-29,37-38H,11-17H2,1-10H3/t18-,23+,24+,25+,26+,27+,28-,29-,32+,33+,34+/m1/s1. The molecule has 7 nitrogen and oxygen atoms in total. The van der Waals surface area contributed by atoms with Crippen LogP contribution in [0.15, 0.2) is 11.1 Å². The third-order valence-corrected chi connectivity index (χ3v) is 13.0. The number of hydrogen-bond donors (Lipinski definition) is 2. The van der Waals surface area contributed by atoms with Crippen molar-refractivity contribution < 1.29 is 34.0 Å². The van der Waals surface area contributed by atoms with E-state index in [1.807, 2.05) is 13.8 Å². The molecule has 1 aliphatic heterocycles. The monoisotopic (exact) mass is 574 g/mol. The highest BCUT2D eigenvalue weighted by molar-refractivity contribution is 5.66. The summed E-state index contributed by atoms with van der Waals surface area (Å²) < 4.78 is 18.0. The maximum absolute atomic E-state index is 12.6. The molecule has 0 radical (unpaired) electrons. The van der Waals surface area contributed by atoms with E-state index >= 15 is 0 Å². The molecule has 7 heteroatoms. The van der Waals surface area contributed by atoms with Crippen LogP contribution in [0.1, 0.15) is 114 Å². The Morgan fingerprint density at radius 2 is 1.66 bits per heavy atom. The number of allylic oxidation sites excluding steroid dienone is 1. The summed E-state index contributed by atoms with van der Waals surface area (Å²) >= 11 is 0. The van der Waals surface area contributed by atoms with Crippen LogP contribution in [0.5, 0.6) is 0 Å². The van der Waals surface area contributed by atoms with Crippen LogP contribution < -0.4 is 0 Å². The zero-order chi connectivity index (χ0) is 30.5. The van der Waals surface area contributed by atoms with Gasteiger partial charge in [0.25, 0.3) is 0 Å². The minimum absolute atomic E-state index is 0.0661. The second kappa shape index (κ2) is 9.79. The molecule has 0 aromatic heterocycles. The summed E-state index contributed by atoms with van der Waals surface area (Å²) in [6.45, 7) is 20.6. The molecule has 3 saturated carbocycles. The number of hydrogen-bond acceptors (Lipinski definition) is 7. The molecule has 232 valence electrons. The third kappa shape index (κ3) is 4.63. The highest BCUT2D eigenvalue weighted by Crippen LogP contribution is 2.75. The molecule has 2 N–H and O–H groups in total.